The second-order valence-electron chi connectivity index (χ2n) is 10.3. The maximum atomic E-state index is 11.1. The molecule has 0 radical (unpaired) electrons. The lowest BCUT2D eigenvalue weighted by atomic mass is 9.70. The van der Waals surface area contributed by atoms with Gasteiger partial charge in [0.1, 0.15) is 5.78 Å². The van der Waals surface area contributed by atoms with E-state index in [1.54, 1.807) is 6.92 Å². The minimum atomic E-state index is 0.138. The summed E-state index contributed by atoms with van der Waals surface area (Å²) < 4.78 is 2.39. The van der Waals surface area contributed by atoms with E-state index in [0.717, 1.165) is 12.8 Å². The van der Waals surface area contributed by atoms with Gasteiger partial charge in [0, 0.05) is 20.8 Å². The van der Waals surface area contributed by atoms with Crippen LogP contribution in [0.3, 0.4) is 0 Å². The van der Waals surface area contributed by atoms with Crippen molar-refractivity contribution in [2.24, 2.45) is 0 Å². The molecule has 186 valence electrons. The third kappa shape index (κ3) is 7.29. The van der Waals surface area contributed by atoms with E-state index in [1.807, 2.05) is 0 Å². The van der Waals surface area contributed by atoms with Gasteiger partial charge in [0.05, 0.1) is 0 Å². The number of halogens is 2. The van der Waals surface area contributed by atoms with Crippen LogP contribution < -0.4 is 0 Å². The largest absolute Gasteiger partial charge is 0.300 e. The smallest absolute Gasteiger partial charge is 0.129 e. The van der Waals surface area contributed by atoms with Crippen LogP contribution in [0.1, 0.15) is 121 Å². The molecule has 1 aliphatic rings. The van der Waals surface area contributed by atoms with E-state index in [9.17, 15) is 4.79 Å². The maximum absolute atomic E-state index is 11.1. The Morgan fingerprint density at radius 3 is 1.59 bits per heavy atom. The molecule has 0 saturated carbocycles. The zero-order valence-corrected chi connectivity index (χ0v) is 24.4. The monoisotopic (exact) mass is 588 g/mol. The number of hydrogen-bond donors (Lipinski definition) is 0. The predicted molar refractivity (Wildman–Crippen MR) is 154 cm³/mol. The van der Waals surface area contributed by atoms with Crippen molar-refractivity contribution in [2.45, 2.75) is 116 Å². The van der Waals surface area contributed by atoms with Crippen molar-refractivity contribution < 1.29 is 4.79 Å². The van der Waals surface area contributed by atoms with Gasteiger partial charge in [-0.15, -0.1) is 0 Å². The molecule has 0 spiro atoms. The summed E-state index contributed by atoms with van der Waals surface area (Å²) in [5.41, 5.74) is 6.09. The van der Waals surface area contributed by atoms with Gasteiger partial charge < -0.3 is 4.79 Å². The molecule has 0 aromatic heterocycles. The summed E-state index contributed by atoms with van der Waals surface area (Å²) in [5.74, 6) is 0.331. The minimum absolute atomic E-state index is 0.138. The first-order valence-corrected chi connectivity index (χ1v) is 15.2. The molecule has 2 aromatic rings. The van der Waals surface area contributed by atoms with Gasteiger partial charge in [0.25, 0.3) is 0 Å². The summed E-state index contributed by atoms with van der Waals surface area (Å²) >= 11 is 7.55. The van der Waals surface area contributed by atoms with Gasteiger partial charge in [-0.3, -0.25) is 0 Å². The second-order valence-corrected chi connectivity index (χ2v) is 12.1. The highest BCUT2D eigenvalue weighted by Crippen LogP contribution is 2.55. The molecule has 0 saturated heterocycles. The molecule has 3 rings (SSSR count). The number of unbranched alkanes of at least 4 members (excludes halogenated alkanes) is 10. The summed E-state index contributed by atoms with van der Waals surface area (Å²) in [6.07, 6.45) is 18.6. The fraction of sp³-hybridized carbons (Fsp3) is 0.581. The van der Waals surface area contributed by atoms with Crippen LogP contribution in [-0.4, -0.2) is 5.78 Å². The quantitative estimate of drug-likeness (QED) is 0.178. The molecule has 0 aliphatic heterocycles. The van der Waals surface area contributed by atoms with Gasteiger partial charge in [0.2, 0.25) is 0 Å². The number of Topliss-reactive ketones (excluding diaryl/α,β-unsaturated/α-hetero) is 1. The molecule has 0 bridgehead atoms. The van der Waals surface area contributed by atoms with Crippen molar-refractivity contribution >= 4 is 37.6 Å². The van der Waals surface area contributed by atoms with Crippen LogP contribution >= 0.6 is 31.9 Å². The number of hydrogen-bond acceptors (Lipinski definition) is 1. The van der Waals surface area contributed by atoms with E-state index in [2.05, 4.69) is 75.2 Å². The van der Waals surface area contributed by atoms with Crippen LogP contribution in [0.5, 0.6) is 0 Å². The number of carbonyl (C=O) groups is 1. The number of rotatable bonds is 16. The molecule has 1 nitrogen and oxygen atoms in total. The number of benzene rings is 2. The number of fused-ring (bicyclic) bond motifs is 3. The summed E-state index contributed by atoms with van der Waals surface area (Å²) in [6.45, 7) is 4.00. The molecule has 2 aromatic carbocycles. The van der Waals surface area contributed by atoms with Crippen molar-refractivity contribution in [3.63, 3.8) is 0 Å². The van der Waals surface area contributed by atoms with E-state index in [-0.39, 0.29) is 5.41 Å². The van der Waals surface area contributed by atoms with Crippen LogP contribution in [0.25, 0.3) is 11.1 Å². The van der Waals surface area contributed by atoms with Crippen LogP contribution in [0.15, 0.2) is 45.3 Å². The van der Waals surface area contributed by atoms with Crippen LogP contribution in [0, 0.1) is 0 Å². The highest BCUT2D eigenvalue weighted by molar-refractivity contribution is 9.10. The predicted octanol–water partition coefficient (Wildman–Crippen LogP) is 10.9. The zero-order valence-electron chi connectivity index (χ0n) is 21.2. The van der Waals surface area contributed by atoms with E-state index >= 15 is 0 Å². The Bertz CT molecular complexity index is 882. The van der Waals surface area contributed by atoms with Gasteiger partial charge in [-0.1, -0.05) is 122 Å². The summed E-state index contributed by atoms with van der Waals surface area (Å²) in [6, 6.07) is 13.9. The molecule has 0 fully saturated rings. The molecule has 0 heterocycles. The first kappa shape index (κ1) is 27.7. The Morgan fingerprint density at radius 2 is 1.12 bits per heavy atom. The zero-order chi connectivity index (χ0) is 24.4. The highest BCUT2D eigenvalue weighted by atomic mass is 79.9. The standard InChI is InChI=1S/C31H42Br2O/c1-3-4-5-13-20-31(21-14-11-9-7-6-8-10-12-15-24(2)34)29-22-25(32)16-18-27(29)28-19-17-26(33)23-30(28)31/h16-19,22-23H,3-15,20-21H2,1-2H3. The Labute approximate surface area is 224 Å². The summed E-state index contributed by atoms with van der Waals surface area (Å²) in [5, 5.41) is 0. The van der Waals surface area contributed by atoms with Crippen LogP contribution in [0.2, 0.25) is 0 Å². The van der Waals surface area contributed by atoms with E-state index < -0.39 is 0 Å². The van der Waals surface area contributed by atoms with Crippen molar-refractivity contribution in [1.29, 1.82) is 0 Å². The third-order valence-electron chi connectivity index (χ3n) is 7.62. The summed E-state index contributed by atoms with van der Waals surface area (Å²) in [4.78, 5) is 11.1. The van der Waals surface area contributed by atoms with Crippen molar-refractivity contribution in [1.82, 2.24) is 0 Å². The van der Waals surface area contributed by atoms with Gasteiger partial charge >= 0.3 is 0 Å². The van der Waals surface area contributed by atoms with Gasteiger partial charge in [-0.25, -0.2) is 0 Å². The average molecular weight is 590 g/mol. The number of carbonyl (C=O) groups excluding carboxylic acids is 1. The van der Waals surface area contributed by atoms with Crippen LogP contribution in [0.4, 0.5) is 0 Å². The van der Waals surface area contributed by atoms with Gasteiger partial charge in [-0.2, -0.15) is 0 Å². The lowest BCUT2D eigenvalue weighted by molar-refractivity contribution is -0.117. The normalized spacial score (nSPS) is 13.6. The Kier molecular flexibility index (Phi) is 11.4. The fourth-order valence-corrected chi connectivity index (χ4v) is 6.54. The second kappa shape index (κ2) is 14.0. The van der Waals surface area contributed by atoms with E-state index in [1.165, 1.54) is 115 Å². The lowest BCUT2D eigenvalue weighted by Crippen LogP contribution is -2.25. The SMILES string of the molecule is CCCCCCC1(CCCCCCCCCCC(C)=O)c2cc(Br)ccc2-c2ccc(Br)cc21. The fourth-order valence-electron chi connectivity index (χ4n) is 5.82. The Morgan fingerprint density at radius 1 is 0.676 bits per heavy atom. The van der Waals surface area contributed by atoms with Crippen molar-refractivity contribution in [3.05, 3.63) is 56.5 Å². The third-order valence-corrected chi connectivity index (χ3v) is 8.61. The lowest BCUT2D eigenvalue weighted by Gasteiger charge is -2.33. The first-order valence-electron chi connectivity index (χ1n) is 13.6. The van der Waals surface area contributed by atoms with Crippen LogP contribution in [-0.2, 0) is 10.2 Å². The molecule has 0 amide bonds. The average Bonchev–Trinajstić information content (AvgIpc) is 3.06. The Balaban J connectivity index is 1.66. The minimum Gasteiger partial charge on any atom is -0.300 e. The van der Waals surface area contributed by atoms with Gasteiger partial charge in [-0.05, 0) is 72.7 Å². The molecule has 0 N–H and O–H groups in total. The molecule has 0 atom stereocenters. The first-order chi connectivity index (χ1) is 16.5. The molecule has 34 heavy (non-hydrogen) atoms. The van der Waals surface area contributed by atoms with Crippen molar-refractivity contribution in [3.8, 4) is 11.1 Å². The highest BCUT2D eigenvalue weighted by Gasteiger charge is 2.42. The molecule has 3 heteroatoms. The van der Waals surface area contributed by atoms with E-state index in [0.29, 0.717) is 5.78 Å². The summed E-state index contributed by atoms with van der Waals surface area (Å²) in [7, 11) is 0. The molecular formula is C31H42Br2O. The van der Waals surface area contributed by atoms with E-state index in [4.69, 9.17) is 0 Å². The van der Waals surface area contributed by atoms with Crippen molar-refractivity contribution in [2.75, 3.05) is 0 Å². The molecule has 0 unspecified atom stereocenters. The van der Waals surface area contributed by atoms with Gasteiger partial charge in [0.15, 0.2) is 0 Å². The maximum Gasteiger partial charge on any atom is 0.129 e. The molecular weight excluding hydrogens is 548 g/mol. The topological polar surface area (TPSA) is 17.1 Å². The molecule has 1 aliphatic carbocycles. The number of ketones is 1. The Hall–Kier alpha value is -0.930.